The fraction of sp³-hybridized carbons (Fsp3) is 0.867. The van der Waals surface area contributed by atoms with Crippen LogP contribution in [-0.4, -0.2) is 101 Å². The summed E-state index contributed by atoms with van der Waals surface area (Å²) in [5.74, 6) is -1.99. The minimum atomic E-state index is -0.766. The van der Waals surface area contributed by atoms with Crippen LogP contribution in [0, 0.1) is 0 Å². The van der Waals surface area contributed by atoms with Crippen LogP contribution >= 0.6 is 0 Å². The maximum absolute atomic E-state index is 13.4. The first kappa shape index (κ1) is 38.8. The molecule has 0 rings (SSSR count). The van der Waals surface area contributed by atoms with E-state index in [-0.39, 0.29) is 32.7 Å². The SMILES string of the molecule is CC(C)(C)OC(=O)CN(CCN(CC(=O)OC(C)(C)C)C(CCCCN)C(=O)OC(C)(C)C)CC(=O)OC(C)(C)C. The number of unbranched alkanes of at least 4 members (excludes halogenated alkanes) is 1. The van der Waals surface area contributed by atoms with Crippen molar-refractivity contribution in [2.24, 2.45) is 5.73 Å². The molecule has 0 heterocycles. The van der Waals surface area contributed by atoms with Crippen molar-refractivity contribution in [3.8, 4) is 0 Å². The number of hydrogen-bond acceptors (Lipinski definition) is 11. The van der Waals surface area contributed by atoms with E-state index in [4.69, 9.17) is 24.7 Å². The fourth-order valence-electron chi connectivity index (χ4n) is 3.78. The Labute approximate surface area is 247 Å². The molecule has 11 heteroatoms. The van der Waals surface area contributed by atoms with Gasteiger partial charge in [0.1, 0.15) is 28.4 Å². The molecule has 0 aliphatic carbocycles. The first-order chi connectivity index (χ1) is 18.4. The number of carbonyl (C=O) groups excluding carboxylic acids is 4. The Morgan fingerprint density at radius 2 is 0.976 bits per heavy atom. The summed E-state index contributed by atoms with van der Waals surface area (Å²) in [7, 11) is 0. The van der Waals surface area contributed by atoms with Crippen LogP contribution < -0.4 is 5.73 Å². The summed E-state index contributed by atoms with van der Waals surface area (Å²) in [5, 5.41) is 0. The first-order valence-corrected chi connectivity index (χ1v) is 14.5. The minimum absolute atomic E-state index is 0.164. The molecule has 0 aliphatic heterocycles. The summed E-state index contributed by atoms with van der Waals surface area (Å²) in [6.07, 6.45) is 1.75. The summed E-state index contributed by atoms with van der Waals surface area (Å²) in [6, 6.07) is -0.766. The molecule has 0 spiro atoms. The van der Waals surface area contributed by atoms with Crippen LogP contribution in [0.25, 0.3) is 0 Å². The molecule has 0 saturated heterocycles. The van der Waals surface area contributed by atoms with E-state index in [1.807, 2.05) is 0 Å². The lowest BCUT2D eigenvalue weighted by molar-refractivity contribution is -0.167. The molecule has 0 bridgehead atoms. The van der Waals surface area contributed by atoms with Gasteiger partial charge in [0.15, 0.2) is 0 Å². The second kappa shape index (κ2) is 16.4. The molecular formula is C30H57N3O8. The van der Waals surface area contributed by atoms with Crippen molar-refractivity contribution in [2.45, 2.75) is 131 Å². The van der Waals surface area contributed by atoms with Crippen molar-refractivity contribution in [2.75, 3.05) is 39.3 Å². The van der Waals surface area contributed by atoms with Gasteiger partial charge in [0.2, 0.25) is 0 Å². The molecule has 0 amide bonds. The van der Waals surface area contributed by atoms with E-state index in [1.54, 1.807) is 92.9 Å². The van der Waals surface area contributed by atoms with Gasteiger partial charge in [-0.1, -0.05) is 6.42 Å². The Morgan fingerprint density at radius 3 is 1.34 bits per heavy atom. The molecule has 0 saturated carbocycles. The molecule has 0 aromatic heterocycles. The van der Waals surface area contributed by atoms with Gasteiger partial charge < -0.3 is 24.7 Å². The third-order valence-corrected chi connectivity index (χ3v) is 5.05. The van der Waals surface area contributed by atoms with Crippen molar-refractivity contribution in [3.05, 3.63) is 0 Å². The minimum Gasteiger partial charge on any atom is -0.459 e. The van der Waals surface area contributed by atoms with Crippen molar-refractivity contribution < 1.29 is 38.1 Å². The van der Waals surface area contributed by atoms with Gasteiger partial charge in [-0.05, 0) is 102 Å². The summed E-state index contributed by atoms with van der Waals surface area (Å²) < 4.78 is 22.2. The highest BCUT2D eigenvalue weighted by Crippen LogP contribution is 2.18. The summed E-state index contributed by atoms with van der Waals surface area (Å²) >= 11 is 0. The van der Waals surface area contributed by atoms with Gasteiger partial charge in [-0.2, -0.15) is 0 Å². The Balaban J connectivity index is 6.17. The molecule has 0 aromatic carbocycles. The van der Waals surface area contributed by atoms with E-state index in [0.717, 1.165) is 0 Å². The Bertz CT molecular complexity index is 818. The number of hydrogen-bond donors (Lipinski definition) is 1. The van der Waals surface area contributed by atoms with Gasteiger partial charge in [-0.15, -0.1) is 0 Å². The topological polar surface area (TPSA) is 138 Å². The quantitative estimate of drug-likeness (QED) is 0.171. The maximum atomic E-state index is 13.4. The van der Waals surface area contributed by atoms with Crippen LogP contribution in [0.2, 0.25) is 0 Å². The maximum Gasteiger partial charge on any atom is 0.323 e. The van der Waals surface area contributed by atoms with Gasteiger partial charge in [0, 0.05) is 13.1 Å². The van der Waals surface area contributed by atoms with E-state index >= 15 is 0 Å². The van der Waals surface area contributed by atoms with E-state index < -0.39 is 52.3 Å². The molecule has 2 N–H and O–H groups in total. The zero-order chi connectivity index (χ0) is 32.2. The number of rotatable bonds is 15. The predicted octanol–water partition coefficient (Wildman–Crippen LogP) is 3.45. The van der Waals surface area contributed by atoms with E-state index in [0.29, 0.717) is 25.8 Å². The second-order valence-corrected chi connectivity index (χ2v) is 14.3. The van der Waals surface area contributed by atoms with Crippen molar-refractivity contribution in [3.63, 3.8) is 0 Å². The Kier molecular flexibility index (Phi) is 15.5. The van der Waals surface area contributed by atoms with E-state index in [2.05, 4.69) is 0 Å². The molecule has 0 fully saturated rings. The predicted molar refractivity (Wildman–Crippen MR) is 158 cm³/mol. The average Bonchev–Trinajstić information content (AvgIpc) is 2.68. The van der Waals surface area contributed by atoms with Crippen molar-refractivity contribution in [1.82, 2.24) is 9.80 Å². The number of nitrogens with zero attached hydrogens (tertiary/aromatic N) is 2. The van der Waals surface area contributed by atoms with Gasteiger partial charge >= 0.3 is 23.9 Å². The number of carbonyl (C=O) groups is 4. The highest BCUT2D eigenvalue weighted by atomic mass is 16.6. The number of esters is 4. The van der Waals surface area contributed by atoms with E-state index in [1.165, 1.54) is 0 Å². The van der Waals surface area contributed by atoms with Gasteiger partial charge in [0.05, 0.1) is 19.6 Å². The molecule has 11 nitrogen and oxygen atoms in total. The average molecular weight is 588 g/mol. The summed E-state index contributed by atoms with van der Waals surface area (Å²) in [6.45, 7) is 21.5. The largest absolute Gasteiger partial charge is 0.459 e. The highest BCUT2D eigenvalue weighted by molar-refractivity contribution is 5.78. The molecule has 1 unspecified atom stereocenters. The first-order valence-electron chi connectivity index (χ1n) is 14.5. The van der Waals surface area contributed by atoms with Crippen LogP contribution in [0.3, 0.4) is 0 Å². The summed E-state index contributed by atoms with van der Waals surface area (Å²) in [5.41, 5.74) is 2.83. The molecule has 0 aliphatic rings. The number of nitrogens with two attached hydrogens (primary N) is 1. The van der Waals surface area contributed by atoms with Crippen molar-refractivity contribution in [1.29, 1.82) is 0 Å². The number of ether oxygens (including phenoxy) is 4. The zero-order valence-corrected chi connectivity index (χ0v) is 27.7. The van der Waals surface area contributed by atoms with Crippen LogP contribution in [0.1, 0.15) is 102 Å². The molecular weight excluding hydrogens is 530 g/mol. The molecule has 0 radical (unpaired) electrons. The molecule has 0 aromatic rings. The van der Waals surface area contributed by atoms with Crippen LogP contribution in [-0.2, 0) is 38.1 Å². The standard InChI is InChI=1S/C30H57N3O8/c1-27(2,3)38-23(34)19-32(20-24(35)39-28(4,5)6)17-18-33(21-25(36)40-29(7,8)9)22(15-13-14-16-31)26(37)41-30(10,11)12/h22H,13-21,31H2,1-12H3. The van der Waals surface area contributed by atoms with Crippen LogP contribution in [0.15, 0.2) is 0 Å². The van der Waals surface area contributed by atoms with Gasteiger partial charge in [-0.3, -0.25) is 29.0 Å². The molecule has 240 valence electrons. The van der Waals surface area contributed by atoms with Gasteiger partial charge in [-0.25, -0.2) is 0 Å². The molecule has 41 heavy (non-hydrogen) atoms. The lowest BCUT2D eigenvalue weighted by atomic mass is 10.1. The van der Waals surface area contributed by atoms with E-state index in [9.17, 15) is 19.2 Å². The van der Waals surface area contributed by atoms with Crippen LogP contribution in [0.4, 0.5) is 0 Å². The Morgan fingerprint density at radius 1 is 0.585 bits per heavy atom. The van der Waals surface area contributed by atoms with Crippen LogP contribution in [0.5, 0.6) is 0 Å². The fourth-order valence-corrected chi connectivity index (χ4v) is 3.78. The normalized spacial score (nSPS) is 13.6. The van der Waals surface area contributed by atoms with Crippen molar-refractivity contribution >= 4 is 23.9 Å². The molecule has 1 atom stereocenters. The van der Waals surface area contributed by atoms with Gasteiger partial charge in [0.25, 0.3) is 0 Å². The third kappa shape index (κ3) is 21.2. The third-order valence-electron chi connectivity index (χ3n) is 5.05. The lowest BCUT2D eigenvalue weighted by Crippen LogP contribution is -2.51. The lowest BCUT2D eigenvalue weighted by Gasteiger charge is -2.34. The monoisotopic (exact) mass is 587 g/mol. The smallest absolute Gasteiger partial charge is 0.323 e. The summed E-state index contributed by atoms with van der Waals surface area (Å²) in [4.78, 5) is 55.0. The highest BCUT2D eigenvalue weighted by Gasteiger charge is 2.33. The second-order valence-electron chi connectivity index (χ2n) is 14.3. The zero-order valence-electron chi connectivity index (χ0n) is 27.7. The Hall–Kier alpha value is -2.24.